The Bertz CT molecular complexity index is 887. The van der Waals surface area contributed by atoms with Crippen LogP contribution in [0.15, 0.2) is 28.1 Å². The molecule has 2 fully saturated rings. The summed E-state index contributed by atoms with van der Waals surface area (Å²) in [6.45, 7) is 6.75. The second-order valence-corrected chi connectivity index (χ2v) is 8.36. The number of nitrogens with zero attached hydrogens (tertiary/aromatic N) is 3. The van der Waals surface area contributed by atoms with Gasteiger partial charge in [0.05, 0.1) is 18.4 Å². The summed E-state index contributed by atoms with van der Waals surface area (Å²) >= 11 is 1.79. The van der Waals surface area contributed by atoms with Crippen molar-refractivity contribution in [2.45, 2.75) is 25.7 Å². The van der Waals surface area contributed by atoms with Gasteiger partial charge in [0.15, 0.2) is 0 Å². The quantitative estimate of drug-likeness (QED) is 0.751. The van der Waals surface area contributed by atoms with Gasteiger partial charge in [0.2, 0.25) is 5.76 Å². The van der Waals surface area contributed by atoms with E-state index < -0.39 is 12.1 Å². The number of carboxylic acids is 1. The van der Waals surface area contributed by atoms with Crippen LogP contribution in [0.4, 0.5) is 13.2 Å². The van der Waals surface area contributed by atoms with E-state index in [9.17, 15) is 18.0 Å². The lowest BCUT2D eigenvalue weighted by atomic mass is 10.1. The molecule has 0 saturated carbocycles. The third-order valence-electron chi connectivity index (χ3n) is 4.94. The number of fused-ring (bicyclic) bond motifs is 1. The van der Waals surface area contributed by atoms with Crippen molar-refractivity contribution < 1.29 is 37.1 Å². The lowest BCUT2D eigenvalue weighted by Crippen LogP contribution is -2.33. The first kappa shape index (κ1) is 23.2. The number of rotatable bonds is 3. The first-order valence-electron chi connectivity index (χ1n) is 9.52. The van der Waals surface area contributed by atoms with Crippen LogP contribution in [-0.2, 0) is 16.1 Å². The lowest BCUT2D eigenvalue weighted by molar-refractivity contribution is -0.192. The van der Waals surface area contributed by atoms with Gasteiger partial charge in [0.1, 0.15) is 0 Å². The molecule has 4 rings (SSSR count). The number of carbonyl (C=O) groups is 2. The number of halogens is 3. The molecule has 12 heteroatoms. The van der Waals surface area contributed by atoms with E-state index in [2.05, 4.69) is 27.6 Å². The number of thiophene rings is 1. The SMILES string of the molecule is Cc1cc(C(=O)N2C[C@@H]3CN(Cc4cccs4)CCO[C@@H]3C2)on1.O=C(O)C(F)(F)F. The van der Waals surface area contributed by atoms with E-state index in [4.69, 9.17) is 19.2 Å². The van der Waals surface area contributed by atoms with Gasteiger partial charge >= 0.3 is 12.1 Å². The molecule has 0 spiro atoms. The van der Waals surface area contributed by atoms with Crippen molar-refractivity contribution in [1.82, 2.24) is 15.0 Å². The summed E-state index contributed by atoms with van der Waals surface area (Å²) < 4.78 is 42.9. The number of ether oxygens (including phenoxy) is 1. The van der Waals surface area contributed by atoms with Gasteiger partial charge in [-0.15, -0.1) is 11.3 Å². The number of aromatic nitrogens is 1. The molecule has 1 amide bonds. The third kappa shape index (κ3) is 6.28. The summed E-state index contributed by atoms with van der Waals surface area (Å²) in [5, 5.41) is 13.0. The number of hydrogen-bond acceptors (Lipinski definition) is 7. The fourth-order valence-corrected chi connectivity index (χ4v) is 4.26. The fraction of sp³-hybridized carbons (Fsp3) is 0.526. The molecule has 8 nitrogen and oxygen atoms in total. The van der Waals surface area contributed by atoms with Crippen LogP contribution in [0.1, 0.15) is 21.1 Å². The Kier molecular flexibility index (Phi) is 7.34. The molecule has 31 heavy (non-hydrogen) atoms. The second-order valence-electron chi connectivity index (χ2n) is 7.33. The molecular weight excluding hydrogens is 439 g/mol. The van der Waals surface area contributed by atoms with Crippen molar-refractivity contribution in [1.29, 1.82) is 0 Å². The zero-order valence-electron chi connectivity index (χ0n) is 16.7. The topological polar surface area (TPSA) is 96.1 Å². The van der Waals surface area contributed by atoms with Gasteiger partial charge in [-0.2, -0.15) is 13.2 Å². The van der Waals surface area contributed by atoms with Gasteiger partial charge in [-0.25, -0.2) is 4.79 Å². The van der Waals surface area contributed by atoms with E-state index in [0.29, 0.717) is 24.8 Å². The summed E-state index contributed by atoms with van der Waals surface area (Å²) in [6, 6.07) is 5.96. The van der Waals surface area contributed by atoms with Crippen molar-refractivity contribution in [3.63, 3.8) is 0 Å². The number of likely N-dealkylation sites (tertiary alicyclic amines) is 1. The molecule has 2 saturated heterocycles. The van der Waals surface area contributed by atoms with E-state index >= 15 is 0 Å². The minimum atomic E-state index is -5.08. The van der Waals surface area contributed by atoms with Gasteiger partial charge in [-0.3, -0.25) is 9.69 Å². The molecule has 0 aromatic carbocycles. The Morgan fingerprint density at radius 1 is 1.32 bits per heavy atom. The highest BCUT2D eigenvalue weighted by Crippen LogP contribution is 2.26. The van der Waals surface area contributed by atoms with E-state index in [-0.39, 0.29) is 12.0 Å². The largest absolute Gasteiger partial charge is 0.490 e. The predicted molar refractivity (Wildman–Crippen MR) is 104 cm³/mol. The second kappa shape index (κ2) is 9.79. The normalized spacial score (nSPS) is 21.7. The zero-order valence-corrected chi connectivity index (χ0v) is 17.5. The Hall–Kier alpha value is -2.44. The maximum absolute atomic E-state index is 12.6. The Morgan fingerprint density at radius 3 is 2.65 bits per heavy atom. The van der Waals surface area contributed by atoms with Crippen LogP contribution in [0.3, 0.4) is 0 Å². The minimum absolute atomic E-state index is 0.0860. The van der Waals surface area contributed by atoms with Gasteiger partial charge < -0.3 is 19.3 Å². The van der Waals surface area contributed by atoms with Crippen LogP contribution in [0.2, 0.25) is 0 Å². The van der Waals surface area contributed by atoms with Crippen molar-refractivity contribution >= 4 is 23.2 Å². The van der Waals surface area contributed by atoms with Crippen molar-refractivity contribution in [3.8, 4) is 0 Å². The fourth-order valence-electron chi connectivity index (χ4n) is 3.51. The Labute approximate surface area is 180 Å². The number of amides is 1. The molecule has 2 atom stereocenters. The monoisotopic (exact) mass is 461 g/mol. The van der Waals surface area contributed by atoms with Gasteiger partial charge in [-0.1, -0.05) is 11.2 Å². The molecule has 2 aromatic rings. The summed E-state index contributed by atoms with van der Waals surface area (Å²) in [4.78, 5) is 27.1. The summed E-state index contributed by atoms with van der Waals surface area (Å²) in [6.07, 6.45) is -4.97. The van der Waals surface area contributed by atoms with E-state index in [0.717, 1.165) is 31.9 Å². The maximum atomic E-state index is 12.6. The molecule has 170 valence electrons. The molecule has 2 aliphatic heterocycles. The molecule has 2 aliphatic rings. The van der Waals surface area contributed by atoms with Crippen LogP contribution in [0.25, 0.3) is 0 Å². The smallest absolute Gasteiger partial charge is 0.475 e. The highest BCUT2D eigenvalue weighted by atomic mass is 32.1. The molecule has 2 aromatic heterocycles. The van der Waals surface area contributed by atoms with E-state index in [1.807, 2.05) is 11.8 Å². The number of aryl methyl sites for hydroxylation is 1. The number of hydrogen-bond donors (Lipinski definition) is 1. The highest BCUT2D eigenvalue weighted by Gasteiger charge is 2.40. The van der Waals surface area contributed by atoms with Crippen LogP contribution in [-0.4, -0.2) is 77.0 Å². The van der Waals surface area contributed by atoms with Crippen molar-refractivity contribution in [2.24, 2.45) is 5.92 Å². The van der Waals surface area contributed by atoms with E-state index in [1.54, 1.807) is 17.4 Å². The number of carboxylic acid groups (broad SMARTS) is 1. The van der Waals surface area contributed by atoms with E-state index in [1.165, 1.54) is 4.88 Å². The Morgan fingerprint density at radius 2 is 2.06 bits per heavy atom. The summed E-state index contributed by atoms with van der Waals surface area (Å²) in [5.41, 5.74) is 0.727. The molecule has 0 radical (unpaired) electrons. The van der Waals surface area contributed by atoms with Crippen LogP contribution < -0.4 is 0 Å². The highest BCUT2D eigenvalue weighted by molar-refractivity contribution is 7.09. The molecule has 1 N–H and O–H groups in total. The van der Waals surface area contributed by atoms with Crippen LogP contribution in [0, 0.1) is 12.8 Å². The molecule has 0 unspecified atom stereocenters. The number of carbonyl (C=O) groups excluding carboxylic acids is 1. The molecule has 0 aliphatic carbocycles. The summed E-state index contributed by atoms with van der Waals surface area (Å²) in [7, 11) is 0. The number of alkyl halides is 3. The van der Waals surface area contributed by atoms with Crippen LogP contribution >= 0.6 is 11.3 Å². The zero-order chi connectivity index (χ0) is 22.6. The predicted octanol–water partition coefficient (Wildman–Crippen LogP) is 2.65. The lowest BCUT2D eigenvalue weighted by Gasteiger charge is -2.22. The Balaban J connectivity index is 0.000000339. The minimum Gasteiger partial charge on any atom is -0.475 e. The number of aliphatic carboxylic acids is 1. The first-order chi connectivity index (χ1) is 14.6. The van der Waals surface area contributed by atoms with Crippen molar-refractivity contribution in [3.05, 3.63) is 39.9 Å². The first-order valence-corrected chi connectivity index (χ1v) is 10.4. The summed E-state index contributed by atoms with van der Waals surface area (Å²) in [5.74, 6) is -2.18. The van der Waals surface area contributed by atoms with Gasteiger partial charge in [-0.05, 0) is 18.4 Å². The average Bonchev–Trinajstić information content (AvgIpc) is 3.41. The maximum Gasteiger partial charge on any atom is 0.490 e. The van der Waals surface area contributed by atoms with Crippen molar-refractivity contribution in [2.75, 3.05) is 32.8 Å². The molecule has 0 bridgehead atoms. The van der Waals surface area contributed by atoms with Crippen LogP contribution in [0.5, 0.6) is 0 Å². The average molecular weight is 461 g/mol. The molecular formula is C19H22F3N3O5S. The standard InChI is InChI=1S/C17H21N3O3S.C2HF3O2/c1-12-7-15(23-18-12)17(21)20-9-13-8-19(4-5-22-16(13)11-20)10-14-3-2-6-24-14;3-2(4,5)1(6)7/h2-3,6-7,13,16H,4-5,8-11H2,1H3;(H,6,7)/t13-,16+;/m0./s1. The van der Waals surface area contributed by atoms with Gasteiger partial charge in [0.25, 0.3) is 5.91 Å². The third-order valence-corrected chi connectivity index (χ3v) is 5.80. The van der Waals surface area contributed by atoms with Gasteiger partial charge in [0, 0.05) is 49.6 Å². The molecule has 4 heterocycles.